The zero-order chi connectivity index (χ0) is 15.0. The Morgan fingerprint density at radius 3 is 2.62 bits per heavy atom. The summed E-state index contributed by atoms with van der Waals surface area (Å²) in [5.74, 6) is 0.188. The van der Waals surface area contributed by atoms with Crippen molar-refractivity contribution < 1.29 is 8.91 Å². The van der Waals surface area contributed by atoms with Crippen LogP contribution in [-0.2, 0) is 0 Å². The van der Waals surface area contributed by atoms with E-state index < -0.39 is 5.82 Å². The standard InChI is InChI=1S/C14H8BrClFN3O/c15-9-5-7(1-3-10(9)16)13-19-14(21-20-13)8-2-4-11(17)12(18)6-8/h1-6H,18H2. The van der Waals surface area contributed by atoms with Gasteiger partial charge in [-0.3, -0.25) is 0 Å². The van der Waals surface area contributed by atoms with E-state index in [0.29, 0.717) is 16.4 Å². The van der Waals surface area contributed by atoms with E-state index in [-0.39, 0.29) is 11.6 Å². The number of halogens is 3. The highest BCUT2D eigenvalue weighted by molar-refractivity contribution is 9.10. The van der Waals surface area contributed by atoms with Crippen molar-refractivity contribution in [2.24, 2.45) is 0 Å². The Balaban J connectivity index is 1.99. The number of hydrogen-bond acceptors (Lipinski definition) is 4. The highest BCUT2D eigenvalue weighted by Crippen LogP contribution is 2.29. The zero-order valence-corrected chi connectivity index (χ0v) is 12.8. The number of hydrogen-bond donors (Lipinski definition) is 1. The summed E-state index contributed by atoms with van der Waals surface area (Å²) in [6.45, 7) is 0. The highest BCUT2D eigenvalue weighted by Gasteiger charge is 2.12. The van der Waals surface area contributed by atoms with Gasteiger partial charge in [0, 0.05) is 15.6 Å². The lowest BCUT2D eigenvalue weighted by molar-refractivity contribution is 0.432. The molecule has 0 atom stereocenters. The largest absolute Gasteiger partial charge is 0.396 e. The Bertz CT molecular complexity index is 756. The van der Waals surface area contributed by atoms with Crippen LogP contribution in [0.4, 0.5) is 10.1 Å². The molecule has 7 heteroatoms. The molecule has 2 aromatic carbocycles. The smallest absolute Gasteiger partial charge is 0.258 e. The van der Waals surface area contributed by atoms with Gasteiger partial charge >= 0.3 is 0 Å². The third-order valence-corrected chi connectivity index (χ3v) is 4.06. The Labute approximate surface area is 132 Å². The second kappa shape index (κ2) is 5.46. The van der Waals surface area contributed by atoms with E-state index in [9.17, 15) is 4.39 Å². The highest BCUT2D eigenvalue weighted by atomic mass is 79.9. The van der Waals surface area contributed by atoms with E-state index in [0.717, 1.165) is 10.0 Å². The maximum absolute atomic E-state index is 13.2. The summed E-state index contributed by atoms with van der Waals surface area (Å²) in [6, 6.07) is 9.53. The average molecular weight is 369 g/mol. The van der Waals surface area contributed by atoms with Crippen molar-refractivity contribution in [3.63, 3.8) is 0 Å². The van der Waals surface area contributed by atoms with Gasteiger partial charge in [-0.25, -0.2) is 4.39 Å². The van der Waals surface area contributed by atoms with Crippen LogP contribution in [0.15, 0.2) is 45.4 Å². The molecule has 0 radical (unpaired) electrons. The Hall–Kier alpha value is -1.92. The molecule has 3 rings (SSSR count). The molecule has 0 bridgehead atoms. The van der Waals surface area contributed by atoms with Gasteiger partial charge in [0.15, 0.2) is 0 Å². The van der Waals surface area contributed by atoms with Gasteiger partial charge in [0.05, 0.1) is 10.7 Å². The SMILES string of the molecule is Nc1cc(-c2nc(-c3ccc(Cl)c(Br)c3)no2)ccc1F. The normalized spacial score (nSPS) is 10.8. The Morgan fingerprint density at radius 1 is 1.14 bits per heavy atom. The second-order valence-corrected chi connectivity index (χ2v) is 5.55. The first-order valence-corrected chi connectivity index (χ1v) is 7.06. The molecule has 0 spiro atoms. The van der Waals surface area contributed by atoms with Crippen LogP contribution >= 0.6 is 27.5 Å². The van der Waals surface area contributed by atoms with Crippen LogP contribution in [0.3, 0.4) is 0 Å². The van der Waals surface area contributed by atoms with Gasteiger partial charge in [0.2, 0.25) is 5.82 Å². The quantitative estimate of drug-likeness (QED) is 0.674. The fourth-order valence-corrected chi connectivity index (χ4v) is 2.27. The van der Waals surface area contributed by atoms with Gasteiger partial charge in [-0.1, -0.05) is 16.8 Å². The van der Waals surface area contributed by atoms with E-state index >= 15 is 0 Å². The molecule has 0 fully saturated rings. The van der Waals surface area contributed by atoms with Crippen LogP contribution in [0, 0.1) is 5.82 Å². The maximum Gasteiger partial charge on any atom is 0.258 e. The summed E-state index contributed by atoms with van der Waals surface area (Å²) in [4.78, 5) is 4.27. The molecule has 2 N–H and O–H groups in total. The third-order valence-electron chi connectivity index (χ3n) is 2.85. The van der Waals surface area contributed by atoms with Crippen LogP contribution in [0.2, 0.25) is 5.02 Å². The molecule has 0 amide bonds. The first-order chi connectivity index (χ1) is 10.0. The van der Waals surface area contributed by atoms with Crippen molar-refractivity contribution in [1.29, 1.82) is 0 Å². The molecule has 4 nitrogen and oxygen atoms in total. The number of benzene rings is 2. The maximum atomic E-state index is 13.2. The van der Waals surface area contributed by atoms with Gasteiger partial charge < -0.3 is 10.3 Å². The van der Waals surface area contributed by atoms with E-state index in [4.69, 9.17) is 21.9 Å². The molecular weight excluding hydrogens is 361 g/mol. The van der Waals surface area contributed by atoms with E-state index in [1.807, 2.05) is 0 Å². The van der Waals surface area contributed by atoms with E-state index in [1.54, 1.807) is 18.2 Å². The molecule has 0 aliphatic heterocycles. The van der Waals surface area contributed by atoms with Gasteiger partial charge in [0.25, 0.3) is 5.89 Å². The van der Waals surface area contributed by atoms with Crippen molar-refractivity contribution in [2.45, 2.75) is 0 Å². The number of nitrogens with zero attached hydrogens (tertiary/aromatic N) is 2. The van der Waals surface area contributed by atoms with Gasteiger partial charge in [0.1, 0.15) is 5.82 Å². The minimum absolute atomic E-state index is 0.0292. The lowest BCUT2D eigenvalue weighted by Crippen LogP contribution is -1.90. The second-order valence-electron chi connectivity index (χ2n) is 4.29. The average Bonchev–Trinajstić information content (AvgIpc) is 2.94. The summed E-state index contributed by atoms with van der Waals surface area (Å²) in [6.07, 6.45) is 0. The van der Waals surface area contributed by atoms with E-state index in [2.05, 4.69) is 26.1 Å². The van der Waals surface area contributed by atoms with Crippen LogP contribution < -0.4 is 5.73 Å². The van der Waals surface area contributed by atoms with Crippen LogP contribution in [0.25, 0.3) is 22.8 Å². The van der Waals surface area contributed by atoms with Crippen LogP contribution in [0.1, 0.15) is 0 Å². The van der Waals surface area contributed by atoms with Crippen LogP contribution in [0.5, 0.6) is 0 Å². The molecule has 0 unspecified atom stereocenters. The fraction of sp³-hybridized carbons (Fsp3) is 0. The minimum Gasteiger partial charge on any atom is -0.396 e. The molecule has 1 heterocycles. The number of anilines is 1. The summed E-state index contributed by atoms with van der Waals surface area (Å²) in [7, 11) is 0. The molecule has 21 heavy (non-hydrogen) atoms. The van der Waals surface area contributed by atoms with Crippen molar-refractivity contribution >= 4 is 33.2 Å². The molecule has 0 saturated carbocycles. The van der Waals surface area contributed by atoms with Gasteiger partial charge in [-0.2, -0.15) is 4.98 Å². The summed E-state index contributed by atoms with van der Waals surface area (Å²) in [5.41, 5.74) is 6.86. The Kier molecular flexibility index (Phi) is 3.65. The number of aromatic nitrogens is 2. The minimum atomic E-state index is -0.486. The van der Waals surface area contributed by atoms with E-state index in [1.165, 1.54) is 18.2 Å². The lowest BCUT2D eigenvalue weighted by Gasteiger charge is -1.98. The first-order valence-electron chi connectivity index (χ1n) is 5.89. The predicted octanol–water partition coefficient (Wildman–Crippen LogP) is 4.54. The molecule has 0 saturated heterocycles. The zero-order valence-electron chi connectivity index (χ0n) is 10.5. The van der Waals surface area contributed by atoms with Crippen molar-refractivity contribution in [1.82, 2.24) is 10.1 Å². The molecular formula is C14H8BrClFN3O. The lowest BCUT2D eigenvalue weighted by atomic mass is 10.2. The Morgan fingerprint density at radius 2 is 1.90 bits per heavy atom. The summed E-state index contributed by atoms with van der Waals surface area (Å²) in [5, 5.41) is 4.49. The van der Waals surface area contributed by atoms with Gasteiger partial charge in [-0.05, 0) is 52.3 Å². The van der Waals surface area contributed by atoms with Crippen molar-refractivity contribution in [3.8, 4) is 22.8 Å². The third kappa shape index (κ3) is 2.77. The predicted molar refractivity (Wildman–Crippen MR) is 82.3 cm³/mol. The molecule has 106 valence electrons. The number of rotatable bonds is 2. The summed E-state index contributed by atoms with van der Waals surface area (Å²) >= 11 is 9.28. The molecule has 1 aromatic heterocycles. The monoisotopic (exact) mass is 367 g/mol. The van der Waals surface area contributed by atoms with Gasteiger partial charge in [-0.15, -0.1) is 0 Å². The molecule has 0 aliphatic carbocycles. The van der Waals surface area contributed by atoms with Crippen LogP contribution in [-0.4, -0.2) is 10.1 Å². The fourth-order valence-electron chi connectivity index (χ4n) is 1.77. The molecule has 0 aliphatic rings. The first kappa shape index (κ1) is 14.0. The van der Waals surface area contributed by atoms with Crippen molar-refractivity contribution in [2.75, 3.05) is 5.73 Å². The number of nitrogen functional groups attached to an aromatic ring is 1. The summed E-state index contributed by atoms with van der Waals surface area (Å²) < 4.78 is 19.1. The topological polar surface area (TPSA) is 64.9 Å². The number of nitrogens with two attached hydrogens (primary N) is 1. The van der Waals surface area contributed by atoms with Crippen molar-refractivity contribution in [3.05, 3.63) is 51.7 Å². The molecule has 3 aromatic rings.